The lowest BCUT2D eigenvalue weighted by molar-refractivity contribution is 0.0901. The number of nitrogens with zero attached hydrogens (tertiary/aromatic N) is 1. The number of anilines is 1. The van der Waals surface area contributed by atoms with Gasteiger partial charge in [-0.1, -0.05) is 11.6 Å². The van der Waals surface area contributed by atoms with Crippen LogP contribution in [0.2, 0.25) is 5.02 Å². The predicted octanol–water partition coefficient (Wildman–Crippen LogP) is 1.50. The summed E-state index contributed by atoms with van der Waals surface area (Å²) in [5.41, 5.74) is 12.6. The Kier molecular flexibility index (Phi) is 3.09. The molecule has 0 amide bonds. The molecule has 5 heteroatoms. The van der Waals surface area contributed by atoms with Crippen molar-refractivity contribution in [2.24, 2.45) is 5.73 Å². The molecule has 2 atom stereocenters. The average molecular weight is 228 g/mol. The summed E-state index contributed by atoms with van der Waals surface area (Å²) in [6.45, 7) is 0.770. The molecule has 4 N–H and O–H groups in total. The van der Waals surface area contributed by atoms with E-state index in [4.69, 9.17) is 27.8 Å². The van der Waals surface area contributed by atoms with E-state index in [1.165, 1.54) is 6.20 Å². The van der Waals surface area contributed by atoms with Crippen molar-refractivity contribution in [3.8, 4) is 0 Å². The van der Waals surface area contributed by atoms with Crippen molar-refractivity contribution < 1.29 is 4.74 Å². The van der Waals surface area contributed by atoms with E-state index in [2.05, 4.69) is 4.98 Å². The number of nitrogen functional groups attached to an aromatic ring is 1. The van der Waals surface area contributed by atoms with E-state index < -0.39 is 0 Å². The Hall–Kier alpha value is -0.840. The first-order chi connectivity index (χ1) is 7.18. The van der Waals surface area contributed by atoms with Crippen molar-refractivity contribution >= 4 is 17.4 Å². The summed E-state index contributed by atoms with van der Waals surface area (Å²) in [7, 11) is 0. The second-order valence-electron chi connectivity index (χ2n) is 3.71. The summed E-state index contributed by atoms with van der Waals surface area (Å²) in [6.07, 6.45) is 3.56. The largest absolute Gasteiger partial charge is 0.383 e. The minimum absolute atomic E-state index is 0.0348. The lowest BCUT2D eigenvalue weighted by atomic mass is 10.0. The molecule has 4 nitrogen and oxygen atoms in total. The summed E-state index contributed by atoms with van der Waals surface area (Å²) >= 11 is 5.85. The normalized spacial score (nSPS) is 22.9. The zero-order chi connectivity index (χ0) is 10.8. The molecule has 1 saturated heterocycles. The smallest absolute Gasteiger partial charge is 0.128 e. The lowest BCUT2D eigenvalue weighted by Crippen LogP contribution is -2.26. The fourth-order valence-electron chi connectivity index (χ4n) is 1.82. The second kappa shape index (κ2) is 4.35. The van der Waals surface area contributed by atoms with E-state index in [-0.39, 0.29) is 12.1 Å². The van der Waals surface area contributed by atoms with Crippen LogP contribution in [0.1, 0.15) is 24.4 Å². The zero-order valence-corrected chi connectivity index (χ0v) is 9.07. The summed E-state index contributed by atoms with van der Waals surface area (Å²) in [5.74, 6) is 0.433. The number of nitrogens with two attached hydrogens (primary N) is 2. The number of halogens is 1. The van der Waals surface area contributed by atoms with E-state index in [0.717, 1.165) is 25.0 Å². The molecule has 1 aromatic rings. The Labute approximate surface area is 93.6 Å². The molecule has 0 saturated carbocycles. The van der Waals surface area contributed by atoms with Crippen molar-refractivity contribution in [3.63, 3.8) is 0 Å². The van der Waals surface area contributed by atoms with Crippen molar-refractivity contribution in [3.05, 3.63) is 22.8 Å². The maximum absolute atomic E-state index is 6.07. The van der Waals surface area contributed by atoms with E-state index in [0.29, 0.717) is 10.8 Å². The molecule has 0 bridgehead atoms. The molecule has 0 radical (unpaired) electrons. The summed E-state index contributed by atoms with van der Waals surface area (Å²) in [5, 5.41) is 0.549. The highest BCUT2D eigenvalue weighted by molar-refractivity contribution is 6.30. The van der Waals surface area contributed by atoms with Crippen LogP contribution in [-0.2, 0) is 4.74 Å². The van der Waals surface area contributed by atoms with Gasteiger partial charge in [0, 0.05) is 18.4 Å². The summed E-state index contributed by atoms with van der Waals surface area (Å²) in [4.78, 5) is 3.98. The fraction of sp³-hybridized carbons (Fsp3) is 0.500. The van der Waals surface area contributed by atoms with E-state index in [9.17, 15) is 0 Å². The van der Waals surface area contributed by atoms with Gasteiger partial charge in [-0.2, -0.15) is 0 Å². The van der Waals surface area contributed by atoms with Gasteiger partial charge in [0.1, 0.15) is 5.82 Å². The number of ether oxygens (including phenoxy) is 1. The number of rotatable bonds is 2. The maximum atomic E-state index is 6.07. The molecular weight excluding hydrogens is 214 g/mol. The first-order valence-electron chi connectivity index (χ1n) is 4.96. The van der Waals surface area contributed by atoms with Gasteiger partial charge in [0.05, 0.1) is 17.2 Å². The first-order valence-corrected chi connectivity index (χ1v) is 5.34. The van der Waals surface area contributed by atoms with E-state index >= 15 is 0 Å². The SMILES string of the molecule is Nc1ncc(Cl)cc1C(N)C1CCCO1. The van der Waals surface area contributed by atoms with Gasteiger partial charge < -0.3 is 16.2 Å². The maximum Gasteiger partial charge on any atom is 0.128 e. The Bertz CT molecular complexity index is 353. The number of hydrogen-bond donors (Lipinski definition) is 2. The van der Waals surface area contributed by atoms with Gasteiger partial charge in [0.25, 0.3) is 0 Å². The third kappa shape index (κ3) is 2.22. The third-order valence-electron chi connectivity index (χ3n) is 2.64. The molecule has 0 aromatic carbocycles. The van der Waals surface area contributed by atoms with Crippen molar-refractivity contribution in [2.45, 2.75) is 25.0 Å². The average Bonchev–Trinajstić information content (AvgIpc) is 2.74. The van der Waals surface area contributed by atoms with Crippen LogP contribution in [0.3, 0.4) is 0 Å². The monoisotopic (exact) mass is 227 g/mol. The number of hydrogen-bond acceptors (Lipinski definition) is 4. The van der Waals surface area contributed by atoms with Gasteiger partial charge in [-0.25, -0.2) is 4.98 Å². The number of aromatic nitrogens is 1. The van der Waals surface area contributed by atoms with Crippen LogP contribution in [0.5, 0.6) is 0 Å². The van der Waals surface area contributed by atoms with Crippen LogP contribution in [-0.4, -0.2) is 17.7 Å². The van der Waals surface area contributed by atoms with Crippen LogP contribution < -0.4 is 11.5 Å². The van der Waals surface area contributed by atoms with Crippen LogP contribution in [0.15, 0.2) is 12.3 Å². The quantitative estimate of drug-likeness (QED) is 0.803. The predicted molar refractivity (Wildman–Crippen MR) is 59.6 cm³/mol. The van der Waals surface area contributed by atoms with Crippen LogP contribution in [0.4, 0.5) is 5.82 Å². The molecule has 0 spiro atoms. The van der Waals surface area contributed by atoms with Gasteiger partial charge in [0.15, 0.2) is 0 Å². The first kappa shape index (κ1) is 10.7. The van der Waals surface area contributed by atoms with Gasteiger partial charge in [-0.3, -0.25) is 0 Å². The standard InChI is InChI=1S/C10H14ClN3O/c11-6-4-7(10(13)14-5-6)9(12)8-2-1-3-15-8/h4-5,8-9H,1-3,12H2,(H2,13,14). The van der Waals surface area contributed by atoms with Crippen molar-refractivity contribution in [1.82, 2.24) is 4.98 Å². The Balaban J connectivity index is 2.23. The van der Waals surface area contributed by atoms with Gasteiger partial charge in [-0.15, -0.1) is 0 Å². The Morgan fingerprint density at radius 1 is 1.60 bits per heavy atom. The molecule has 82 valence electrons. The molecule has 2 rings (SSSR count). The third-order valence-corrected chi connectivity index (χ3v) is 2.85. The molecule has 1 fully saturated rings. The minimum Gasteiger partial charge on any atom is -0.383 e. The molecule has 0 aliphatic carbocycles. The number of pyridine rings is 1. The van der Waals surface area contributed by atoms with Gasteiger partial charge in [-0.05, 0) is 18.9 Å². The topological polar surface area (TPSA) is 74.2 Å². The molecule has 1 aromatic heterocycles. The minimum atomic E-state index is -0.237. The Morgan fingerprint density at radius 2 is 2.40 bits per heavy atom. The highest BCUT2D eigenvalue weighted by Gasteiger charge is 2.26. The molecular formula is C10H14ClN3O. The van der Waals surface area contributed by atoms with Crippen LogP contribution >= 0.6 is 11.6 Å². The van der Waals surface area contributed by atoms with Crippen molar-refractivity contribution in [1.29, 1.82) is 0 Å². The summed E-state index contributed by atoms with van der Waals surface area (Å²) in [6, 6.07) is 1.52. The van der Waals surface area contributed by atoms with E-state index in [1.807, 2.05) is 0 Å². The van der Waals surface area contributed by atoms with Crippen LogP contribution in [0, 0.1) is 0 Å². The Morgan fingerprint density at radius 3 is 3.07 bits per heavy atom. The second-order valence-corrected chi connectivity index (χ2v) is 4.14. The molecule has 2 heterocycles. The molecule has 1 aliphatic heterocycles. The lowest BCUT2D eigenvalue weighted by Gasteiger charge is -2.19. The summed E-state index contributed by atoms with van der Waals surface area (Å²) < 4.78 is 5.51. The van der Waals surface area contributed by atoms with Gasteiger partial charge >= 0.3 is 0 Å². The zero-order valence-electron chi connectivity index (χ0n) is 8.32. The molecule has 15 heavy (non-hydrogen) atoms. The molecule has 2 unspecified atom stereocenters. The van der Waals surface area contributed by atoms with Gasteiger partial charge in [0.2, 0.25) is 0 Å². The highest BCUT2D eigenvalue weighted by atomic mass is 35.5. The highest BCUT2D eigenvalue weighted by Crippen LogP contribution is 2.28. The molecule has 1 aliphatic rings. The van der Waals surface area contributed by atoms with E-state index in [1.54, 1.807) is 6.07 Å². The van der Waals surface area contributed by atoms with Crippen molar-refractivity contribution in [2.75, 3.05) is 12.3 Å². The fourth-order valence-corrected chi connectivity index (χ4v) is 1.98. The van der Waals surface area contributed by atoms with Crippen LogP contribution in [0.25, 0.3) is 0 Å².